The van der Waals surface area contributed by atoms with E-state index in [9.17, 15) is 0 Å². The Labute approximate surface area is 93.1 Å². The lowest BCUT2D eigenvalue weighted by Crippen LogP contribution is -2.38. The number of benzene rings is 1. The summed E-state index contributed by atoms with van der Waals surface area (Å²) < 4.78 is 6.66. The first kappa shape index (κ1) is 12.1. The van der Waals surface area contributed by atoms with Gasteiger partial charge in [-0.05, 0) is 37.1 Å². The molecule has 0 saturated heterocycles. The van der Waals surface area contributed by atoms with E-state index >= 15 is 0 Å². The van der Waals surface area contributed by atoms with Gasteiger partial charge in [-0.15, -0.1) is 0 Å². The molecule has 0 aliphatic heterocycles. The molecular weight excluding hydrogens is 186 g/mol. The van der Waals surface area contributed by atoms with Gasteiger partial charge in [-0.3, -0.25) is 0 Å². The zero-order valence-electron chi connectivity index (χ0n) is 10.5. The van der Waals surface area contributed by atoms with E-state index in [1.165, 1.54) is 11.1 Å². The van der Waals surface area contributed by atoms with Crippen molar-refractivity contribution in [2.45, 2.75) is 13.8 Å². The van der Waals surface area contributed by atoms with E-state index in [0.717, 1.165) is 23.4 Å². The summed E-state index contributed by atoms with van der Waals surface area (Å²) in [6.45, 7) is 5.98. The van der Waals surface area contributed by atoms with Gasteiger partial charge in [0.15, 0.2) is 0 Å². The maximum atomic E-state index is 5.73. The highest BCUT2D eigenvalue weighted by Gasteiger charge is 2.06. The van der Waals surface area contributed by atoms with Gasteiger partial charge in [-0.2, -0.15) is 0 Å². The van der Waals surface area contributed by atoms with Crippen LogP contribution < -0.4 is 4.74 Å². The van der Waals surface area contributed by atoms with Gasteiger partial charge in [0.2, 0.25) is 0 Å². The molecule has 1 rings (SSSR count). The quantitative estimate of drug-likeness (QED) is 0.690. The number of likely N-dealkylation sites (N-methyl/N-ethyl adjacent to an activating group) is 1. The SMILES string of the molecule is Cc1cc(C)cc(OCC[N+](C)(C)C)c1. The largest absolute Gasteiger partial charge is 0.488 e. The van der Waals surface area contributed by atoms with Crippen molar-refractivity contribution in [2.75, 3.05) is 34.3 Å². The van der Waals surface area contributed by atoms with Crippen LogP contribution in [-0.2, 0) is 0 Å². The molecule has 0 amide bonds. The standard InChI is InChI=1S/C13H22NO/c1-11-8-12(2)10-13(9-11)15-7-6-14(3,4)5/h8-10H,6-7H2,1-5H3/q+1. The van der Waals surface area contributed by atoms with Gasteiger partial charge < -0.3 is 9.22 Å². The predicted molar refractivity (Wildman–Crippen MR) is 64.3 cm³/mol. The summed E-state index contributed by atoms with van der Waals surface area (Å²) in [5.41, 5.74) is 2.52. The number of aryl methyl sites for hydroxylation is 2. The zero-order chi connectivity index (χ0) is 11.5. The lowest BCUT2D eigenvalue weighted by molar-refractivity contribution is -0.870. The molecule has 0 spiro atoms. The second kappa shape index (κ2) is 4.67. The van der Waals surface area contributed by atoms with Crippen molar-refractivity contribution in [1.29, 1.82) is 0 Å². The van der Waals surface area contributed by atoms with Crippen molar-refractivity contribution in [3.8, 4) is 5.75 Å². The van der Waals surface area contributed by atoms with Crippen molar-refractivity contribution >= 4 is 0 Å². The Bertz CT molecular complexity index is 306. The monoisotopic (exact) mass is 208 g/mol. The summed E-state index contributed by atoms with van der Waals surface area (Å²) in [5, 5.41) is 0. The molecule has 15 heavy (non-hydrogen) atoms. The molecule has 0 fully saturated rings. The van der Waals surface area contributed by atoms with Gasteiger partial charge in [-0.1, -0.05) is 6.07 Å². The second-order valence-corrected chi connectivity index (χ2v) is 5.19. The molecular formula is C13H22NO+. The number of quaternary nitrogens is 1. The van der Waals surface area contributed by atoms with E-state index < -0.39 is 0 Å². The van der Waals surface area contributed by atoms with Gasteiger partial charge in [0.05, 0.1) is 21.1 Å². The second-order valence-electron chi connectivity index (χ2n) is 5.19. The zero-order valence-corrected chi connectivity index (χ0v) is 10.5. The fourth-order valence-electron chi connectivity index (χ4n) is 1.45. The van der Waals surface area contributed by atoms with Gasteiger partial charge >= 0.3 is 0 Å². The lowest BCUT2D eigenvalue weighted by Gasteiger charge is -2.23. The minimum atomic E-state index is 0.770. The highest BCUT2D eigenvalue weighted by atomic mass is 16.5. The topological polar surface area (TPSA) is 9.23 Å². The third-order valence-corrected chi connectivity index (χ3v) is 2.23. The first-order valence-electron chi connectivity index (χ1n) is 5.38. The molecule has 0 unspecified atom stereocenters. The molecule has 0 bridgehead atoms. The van der Waals surface area contributed by atoms with Gasteiger partial charge in [0.25, 0.3) is 0 Å². The van der Waals surface area contributed by atoms with Crippen molar-refractivity contribution in [2.24, 2.45) is 0 Å². The van der Waals surface area contributed by atoms with Gasteiger partial charge in [0.1, 0.15) is 18.9 Å². The minimum absolute atomic E-state index is 0.770. The van der Waals surface area contributed by atoms with Crippen molar-refractivity contribution in [3.05, 3.63) is 29.3 Å². The van der Waals surface area contributed by atoms with Gasteiger partial charge in [0, 0.05) is 0 Å². The molecule has 0 aliphatic carbocycles. The molecule has 0 heterocycles. The molecule has 0 atom stereocenters. The fourth-order valence-corrected chi connectivity index (χ4v) is 1.45. The Morgan fingerprint density at radius 3 is 2.00 bits per heavy atom. The average Bonchev–Trinajstić information content (AvgIpc) is 1.99. The Kier molecular flexibility index (Phi) is 3.75. The maximum absolute atomic E-state index is 5.73. The third kappa shape index (κ3) is 4.84. The number of hydrogen-bond donors (Lipinski definition) is 0. The maximum Gasteiger partial charge on any atom is 0.137 e. The Morgan fingerprint density at radius 1 is 1.00 bits per heavy atom. The van der Waals surface area contributed by atoms with Crippen molar-refractivity contribution in [3.63, 3.8) is 0 Å². The molecule has 1 aromatic carbocycles. The van der Waals surface area contributed by atoms with Crippen molar-refractivity contribution in [1.82, 2.24) is 0 Å². The summed E-state index contributed by atoms with van der Waals surface area (Å²) in [6, 6.07) is 6.33. The smallest absolute Gasteiger partial charge is 0.137 e. The van der Waals surface area contributed by atoms with E-state index in [2.05, 4.69) is 53.2 Å². The number of rotatable bonds is 4. The fraction of sp³-hybridized carbons (Fsp3) is 0.538. The van der Waals surface area contributed by atoms with Crippen LogP contribution in [-0.4, -0.2) is 38.8 Å². The molecule has 2 nitrogen and oxygen atoms in total. The van der Waals surface area contributed by atoms with Crippen LogP contribution in [0.25, 0.3) is 0 Å². The highest BCUT2D eigenvalue weighted by Crippen LogP contribution is 2.16. The number of ether oxygens (including phenoxy) is 1. The van der Waals surface area contributed by atoms with Crippen LogP contribution in [0.5, 0.6) is 5.75 Å². The van der Waals surface area contributed by atoms with Gasteiger partial charge in [-0.25, -0.2) is 0 Å². The third-order valence-electron chi connectivity index (χ3n) is 2.23. The van der Waals surface area contributed by atoms with Crippen LogP contribution in [0.2, 0.25) is 0 Å². The van der Waals surface area contributed by atoms with E-state index in [1.54, 1.807) is 0 Å². The van der Waals surface area contributed by atoms with E-state index in [0.29, 0.717) is 0 Å². The van der Waals surface area contributed by atoms with E-state index in [1.807, 2.05) is 0 Å². The average molecular weight is 208 g/mol. The summed E-state index contributed by atoms with van der Waals surface area (Å²) in [7, 11) is 6.51. The molecule has 0 aromatic heterocycles. The predicted octanol–water partition coefficient (Wildman–Crippen LogP) is 2.39. The number of nitrogens with zero attached hydrogens (tertiary/aromatic N) is 1. The summed E-state index contributed by atoms with van der Waals surface area (Å²) in [4.78, 5) is 0. The van der Waals surface area contributed by atoms with E-state index in [-0.39, 0.29) is 0 Å². The molecule has 0 N–H and O–H groups in total. The Balaban J connectivity index is 2.51. The normalized spacial score (nSPS) is 11.5. The Morgan fingerprint density at radius 2 is 1.53 bits per heavy atom. The molecule has 2 heteroatoms. The first-order chi connectivity index (χ1) is 6.87. The Hall–Kier alpha value is -1.02. The van der Waals surface area contributed by atoms with Crippen LogP contribution in [0.3, 0.4) is 0 Å². The number of hydrogen-bond acceptors (Lipinski definition) is 1. The van der Waals surface area contributed by atoms with Crippen LogP contribution in [0, 0.1) is 13.8 Å². The summed E-state index contributed by atoms with van der Waals surface area (Å²) >= 11 is 0. The van der Waals surface area contributed by atoms with Crippen LogP contribution in [0.15, 0.2) is 18.2 Å². The summed E-state index contributed by atoms with van der Waals surface area (Å²) in [6.07, 6.45) is 0. The molecule has 84 valence electrons. The van der Waals surface area contributed by atoms with Crippen LogP contribution in [0.1, 0.15) is 11.1 Å². The summed E-state index contributed by atoms with van der Waals surface area (Å²) in [5.74, 6) is 0.987. The molecule has 0 radical (unpaired) electrons. The first-order valence-corrected chi connectivity index (χ1v) is 5.38. The molecule has 0 saturated carbocycles. The van der Waals surface area contributed by atoms with Crippen molar-refractivity contribution < 1.29 is 9.22 Å². The minimum Gasteiger partial charge on any atom is -0.488 e. The molecule has 0 aliphatic rings. The highest BCUT2D eigenvalue weighted by molar-refractivity contribution is 5.32. The van der Waals surface area contributed by atoms with Crippen LogP contribution >= 0.6 is 0 Å². The van der Waals surface area contributed by atoms with Crippen LogP contribution in [0.4, 0.5) is 0 Å². The lowest BCUT2D eigenvalue weighted by atomic mass is 10.1. The van der Waals surface area contributed by atoms with E-state index in [4.69, 9.17) is 4.74 Å². The molecule has 1 aromatic rings.